The molecule has 0 spiro atoms. The van der Waals surface area contributed by atoms with E-state index in [9.17, 15) is 4.79 Å². The van der Waals surface area contributed by atoms with Gasteiger partial charge in [-0.25, -0.2) is 0 Å². The van der Waals surface area contributed by atoms with Crippen molar-refractivity contribution in [1.82, 2.24) is 5.32 Å². The molecule has 0 aromatic rings. The van der Waals surface area contributed by atoms with Crippen molar-refractivity contribution in [2.75, 3.05) is 6.54 Å². The molecule has 0 aromatic heterocycles. The predicted octanol–water partition coefficient (Wildman–Crippen LogP) is 0.450. The Morgan fingerprint density at radius 3 is 2.64 bits per heavy atom. The summed E-state index contributed by atoms with van der Waals surface area (Å²) in [5.41, 5.74) is 0.432. The largest absolute Gasteiger partial charge is 0.393 e. The molecule has 0 aliphatic carbocycles. The molecule has 0 aromatic carbocycles. The smallest absolute Gasteiger partial charge is 0.246 e. The Bertz CT molecular complexity index is 152. The summed E-state index contributed by atoms with van der Waals surface area (Å²) in [7, 11) is 0. The minimum atomic E-state index is -0.495. The van der Waals surface area contributed by atoms with Crippen LogP contribution in [0.15, 0.2) is 12.2 Å². The summed E-state index contributed by atoms with van der Waals surface area (Å²) in [5.74, 6) is -0.173. The van der Waals surface area contributed by atoms with Crippen molar-refractivity contribution >= 4 is 5.91 Å². The lowest BCUT2D eigenvalue weighted by Crippen LogP contribution is -2.25. The maximum Gasteiger partial charge on any atom is 0.246 e. The van der Waals surface area contributed by atoms with Crippen LogP contribution >= 0.6 is 0 Å². The average molecular weight is 157 g/mol. The number of aliphatic hydroxyl groups is 1. The summed E-state index contributed by atoms with van der Waals surface area (Å²) in [4.78, 5) is 11.0. The SMILES string of the molecule is C=C(CC(C)O)C(=O)NCC. The Morgan fingerprint density at radius 1 is 1.73 bits per heavy atom. The zero-order valence-electron chi connectivity index (χ0n) is 7.05. The minimum absolute atomic E-state index is 0.173. The van der Waals surface area contributed by atoms with Crippen molar-refractivity contribution in [3.05, 3.63) is 12.2 Å². The highest BCUT2D eigenvalue weighted by Crippen LogP contribution is 2.01. The van der Waals surface area contributed by atoms with Crippen LogP contribution in [0.2, 0.25) is 0 Å². The topological polar surface area (TPSA) is 49.3 Å². The molecule has 0 saturated carbocycles. The maximum absolute atomic E-state index is 11.0. The Balaban J connectivity index is 3.74. The second-order valence-corrected chi connectivity index (χ2v) is 2.52. The van der Waals surface area contributed by atoms with E-state index in [1.807, 2.05) is 6.92 Å². The van der Waals surface area contributed by atoms with Gasteiger partial charge in [0.25, 0.3) is 0 Å². The van der Waals surface area contributed by atoms with Gasteiger partial charge in [-0.3, -0.25) is 4.79 Å². The van der Waals surface area contributed by atoms with Gasteiger partial charge in [0.2, 0.25) is 5.91 Å². The molecule has 0 heterocycles. The number of hydrogen-bond donors (Lipinski definition) is 2. The highest BCUT2D eigenvalue weighted by molar-refractivity contribution is 5.92. The van der Waals surface area contributed by atoms with Gasteiger partial charge < -0.3 is 10.4 Å². The second-order valence-electron chi connectivity index (χ2n) is 2.52. The zero-order valence-corrected chi connectivity index (χ0v) is 7.05. The minimum Gasteiger partial charge on any atom is -0.393 e. The Labute approximate surface area is 67.1 Å². The van der Waals surface area contributed by atoms with E-state index in [4.69, 9.17) is 5.11 Å². The maximum atomic E-state index is 11.0. The van der Waals surface area contributed by atoms with E-state index in [-0.39, 0.29) is 5.91 Å². The molecule has 0 bridgehead atoms. The fraction of sp³-hybridized carbons (Fsp3) is 0.625. The van der Waals surface area contributed by atoms with Crippen LogP contribution in [0.25, 0.3) is 0 Å². The molecule has 64 valence electrons. The van der Waals surface area contributed by atoms with Crippen molar-refractivity contribution in [3.8, 4) is 0 Å². The molecule has 11 heavy (non-hydrogen) atoms. The van der Waals surface area contributed by atoms with Crippen LogP contribution in [-0.4, -0.2) is 23.7 Å². The molecule has 0 aliphatic heterocycles. The van der Waals surface area contributed by atoms with Crippen LogP contribution in [0.5, 0.6) is 0 Å². The number of aliphatic hydroxyl groups excluding tert-OH is 1. The zero-order chi connectivity index (χ0) is 8.85. The van der Waals surface area contributed by atoms with E-state index in [1.54, 1.807) is 6.92 Å². The third kappa shape index (κ3) is 4.56. The quantitative estimate of drug-likeness (QED) is 0.582. The van der Waals surface area contributed by atoms with Crippen LogP contribution in [0, 0.1) is 0 Å². The first-order valence-corrected chi connectivity index (χ1v) is 3.72. The Hall–Kier alpha value is -0.830. The fourth-order valence-electron chi connectivity index (χ4n) is 0.735. The third-order valence-electron chi connectivity index (χ3n) is 1.20. The Kier molecular flexibility index (Phi) is 4.54. The van der Waals surface area contributed by atoms with Gasteiger partial charge >= 0.3 is 0 Å². The number of likely N-dealkylation sites (N-methyl/N-ethyl adjacent to an activating group) is 1. The molecule has 2 N–H and O–H groups in total. The van der Waals surface area contributed by atoms with E-state index in [0.29, 0.717) is 18.5 Å². The normalized spacial score (nSPS) is 12.3. The van der Waals surface area contributed by atoms with Crippen LogP contribution in [0.4, 0.5) is 0 Å². The molecule has 0 fully saturated rings. The van der Waals surface area contributed by atoms with Crippen LogP contribution in [0.3, 0.4) is 0 Å². The number of nitrogens with one attached hydrogen (secondary N) is 1. The number of rotatable bonds is 4. The number of carbonyl (C=O) groups is 1. The van der Waals surface area contributed by atoms with E-state index >= 15 is 0 Å². The Morgan fingerprint density at radius 2 is 2.27 bits per heavy atom. The number of hydrogen-bond acceptors (Lipinski definition) is 2. The van der Waals surface area contributed by atoms with E-state index < -0.39 is 6.10 Å². The summed E-state index contributed by atoms with van der Waals surface area (Å²) in [6, 6.07) is 0. The molecule has 1 atom stereocenters. The molecule has 3 heteroatoms. The van der Waals surface area contributed by atoms with Gasteiger partial charge in [-0.1, -0.05) is 6.58 Å². The first-order chi connectivity index (χ1) is 5.07. The molecule has 0 radical (unpaired) electrons. The van der Waals surface area contributed by atoms with E-state index in [2.05, 4.69) is 11.9 Å². The lowest BCUT2D eigenvalue weighted by atomic mass is 10.1. The first kappa shape index (κ1) is 10.2. The lowest BCUT2D eigenvalue weighted by Gasteiger charge is -2.06. The van der Waals surface area contributed by atoms with Gasteiger partial charge in [-0.15, -0.1) is 0 Å². The summed E-state index contributed by atoms with van der Waals surface area (Å²) < 4.78 is 0. The molecule has 0 rings (SSSR count). The van der Waals surface area contributed by atoms with Crippen molar-refractivity contribution in [2.45, 2.75) is 26.4 Å². The fourth-order valence-corrected chi connectivity index (χ4v) is 0.735. The summed E-state index contributed by atoms with van der Waals surface area (Å²) in [6.07, 6.45) is -0.156. The number of carbonyl (C=O) groups excluding carboxylic acids is 1. The molecule has 3 nitrogen and oxygen atoms in total. The molecular formula is C8H15NO2. The third-order valence-corrected chi connectivity index (χ3v) is 1.20. The predicted molar refractivity (Wildman–Crippen MR) is 44.1 cm³/mol. The van der Waals surface area contributed by atoms with Gasteiger partial charge in [-0.2, -0.15) is 0 Å². The molecule has 1 unspecified atom stereocenters. The van der Waals surface area contributed by atoms with E-state index in [0.717, 1.165) is 0 Å². The van der Waals surface area contributed by atoms with Crippen LogP contribution in [0.1, 0.15) is 20.3 Å². The summed E-state index contributed by atoms with van der Waals surface area (Å²) >= 11 is 0. The highest BCUT2D eigenvalue weighted by Gasteiger charge is 2.07. The van der Waals surface area contributed by atoms with E-state index in [1.165, 1.54) is 0 Å². The summed E-state index contributed by atoms with van der Waals surface area (Å²) in [5, 5.41) is 11.5. The average Bonchev–Trinajstić information content (AvgIpc) is 1.86. The van der Waals surface area contributed by atoms with Crippen molar-refractivity contribution in [2.24, 2.45) is 0 Å². The second kappa shape index (κ2) is 4.91. The standard InChI is InChI=1S/C8H15NO2/c1-4-9-8(11)6(2)5-7(3)10/h7,10H,2,4-5H2,1,3H3,(H,9,11). The first-order valence-electron chi connectivity index (χ1n) is 3.72. The molecule has 0 aliphatic rings. The molecule has 1 amide bonds. The van der Waals surface area contributed by atoms with Gasteiger partial charge in [0, 0.05) is 18.5 Å². The monoisotopic (exact) mass is 157 g/mol. The lowest BCUT2D eigenvalue weighted by molar-refractivity contribution is -0.117. The number of amides is 1. The summed E-state index contributed by atoms with van der Waals surface area (Å²) in [6.45, 7) is 7.61. The van der Waals surface area contributed by atoms with Crippen LogP contribution < -0.4 is 5.32 Å². The van der Waals surface area contributed by atoms with Crippen molar-refractivity contribution < 1.29 is 9.90 Å². The van der Waals surface area contributed by atoms with Gasteiger partial charge in [-0.05, 0) is 13.8 Å². The van der Waals surface area contributed by atoms with Gasteiger partial charge in [0.05, 0.1) is 6.10 Å². The van der Waals surface area contributed by atoms with Crippen molar-refractivity contribution in [3.63, 3.8) is 0 Å². The molecular weight excluding hydrogens is 142 g/mol. The van der Waals surface area contributed by atoms with Gasteiger partial charge in [0.15, 0.2) is 0 Å². The van der Waals surface area contributed by atoms with Crippen LogP contribution in [-0.2, 0) is 4.79 Å². The van der Waals surface area contributed by atoms with Gasteiger partial charge in [0.1, 0.15) is 0 Å². The molecule has 0 saturated heterocycles. The highest BCUT2D eigenvalue weighted by atomic mass is 16.3. The van der Waals surface area contributed by atoms with Crippen molar-refractivity contribution in [1.29, 1.82) is 0 Å².